The highest BCUT2D eigenvalue weighted by Gasteiger charge is 2.31. The van der Waals surface area contributed by atoms with Gasteiger partial charge in [0.1, 0.15) is 0 Å². The molecule has 0 aliphatic carbocycles. The first-order valence-corrected chi connectivity index (χ1v) is 7.55. The summed E-state index contributed by atoms with van der Waals surface area (Å²) in [5.41, 5.74) is 1.12. The van der Waals surface area contributed by atoms with Crippen LogP contribution >= 0.6 is 27.5 Å². The van der Waals surface area contributed by atoms with Gasteiger partial charge in [0.25, 0.3) is 0 Å². The van der Waals surface area contributed by atoms with Gasteiger partial charge in [-0.25, -0.2) is 0 Å². The Kier molecular flexibility index (Phi) is 4.57. The summed E-state index contributed by atoms with van der Waals surface area (Å²) in [6.07, 6.45) is 3.15. The summed E-state index contributed by atoms with van der Waals surface area (Å²) in [7, 11) is 0. The molecule has 0 spiro atoms. The molecule has 1 fully saturated rings. The number of nitrogens with one attached hydrogen (secondary N) is 1. The van der Waals surface area contributed by atoms with Gasteiger partial charge >= 0.3 is 0 Å². The molecule has 2 nitrogen and oxygen atoms in total. The van der Waals surface area contributed by atoms with E-state index in [9.17, 15) is 0 Å². The first-order valence-electron chi connectivity index (χ1n) is 6.38. The molecule has 0 saturated carbocycles. The molecule has 1 aliphatic rings. The minimum absolute atomic E-state index is 0.0135. The average Bonchev–Trinajstić information content (AvgIpc) is 2.34. The van der Waals surface area contributed by atoms with E-state index in [1.54, 1.807) is 0 Å². The van der Waals surface area contributed by atoms with Crippen LogP contribution in [0.3, 0.4) is 0 Å². The Bertz CT molecular complexity index is 426. The Hall–Kier alpha value is -0.250. The fourth-order valence-electron chi connectivity index (χ4n) is 2.32. The number of ether oxygens (including phenoxy) is 1. The average molecular weight is 333 g/mol. The van der Waals surface area contributed by atoms with Crippen LogP contribution in [0.15, 0.2) is 22.7 Å². The van der Waals surface area contributed by atoms with Crippen LogP contribution in [-0.2, 0) is 4.74 Å². The maximum absolute atomic E-state index is 6.00. The van der Waals surface area contributed by atoms with Gasteiger partial charge in [0.15, 0.2) is 0 Å². The van der Waals surface area contributed by atoms with Crippen molar-refractivity contribution in [3.63, 3.8) is 0 Å². The zero-order valence-corrected chi connectivity index (χ0v) is 13.1. The summed E-state index contributed by atoms with van der Waals surface area (Å²) in [5.74, 6) is 0. The monoisotopic (exact) mass is 331 g/mol. The number of halogens is 2. The molecule has 0 amide bonds. The van der Waals surface area contributed by atoms with Crippen molar-refractivity contribution in [3.05, 3.63) is 27.7 Å². The smallest absolute Gasteiger partial charge is 0.0671 e. The van der Waals surface area contributed by atoms with E-state index >= 15 is 0 Å². The molecule has 1 aromatic carbocycles. The molecular formula is C14H19BrClNO. The molecular weight excluding hydrogens is 314 g/mol. The molecule has 2 atom stereocenters. The summed E-state index contributed by atoms with van der Waals surface area (Å²) in [5, 5.41) is 4.31. The lowest BCUT2D eigenvalue weighted by molar-refractivity contribution is -0.0708. The number of hydrogen-bond donors (Lipinski definition) is 1. The molecule has 1 N–H and O–H groups in total. The predicted octanol–water partition coefficient (Wildman–Crippen LogP) is 4.86. The molecule has 4 heteroatoms. The first-order chi connectivity index (χ1) is 8.52. The lowest BCUT2D eigenvalue weighted by atomic mass is 9.90. The standard InChI is InChI=1S/C14H19BrClNO/c1-3-14(2)9-11(6-7-18-14)17-10-4-5-13(16)12(15)8-10/h4-5,8,11,17H,3,6-7,9H2,1-2H3. The summed E-state index contributed by atoms with van der Waals surface area (Å²) in [6.45, 7) is 5.21. The molecule has 1 aromatic rings. The molecule has 1 aliphatic heterocycles. The Labute approximate surface area is 122 Å². The topological polar surface area (TPSA) is 21.3 Å². The Balaban J connectivity index is 2.02. The first kappa shape index (κ1) is 14.2. The SMILES string of the molecule is CCC1(C)CC(Nc2ccc(Cl)c(Br)c2)CCO1. The highest BCUT2D eigenvalue weighted by Crippen LogP contribution is 2.31. The van der Waals surface area contributed by atoms with Crippen molar-refractivity contribution in [1.82, 2.24) is 0 Å². The third kappa shape index (κ3) is 3.40. The number of benzene rings is 1. The molecule has 1 saturated heterocycles. The van der Waals surface area contributed by atoms with Crippen LogP contribution in [0.25, 0.3) is 0 Å². The Morgan fingerprint density at radius 1 is 1.56 bits per heavy atom. The second-order valence-corrected chi connectivity index (χ2v) is 6.38. The van der Waals surface area contributed by atoms with Crippen LogP contribution in [0.1, 0.15) is 33.1 Å². The van der Waals surface area contributed by atoms with Gasteiger partial charge in [-0.2, -0.15) is 0 Å². The number of rotatable bonds is 3. The molecule has 0 radical (unpaired) electrons. The lowest BCUT2D eigenvalue weighted by Crippen LogP contribution is -2.41. The third-order valence-electron chi connectivity index (χ3n) is 3.63. The summed E-state index contributed by atoms with van der Waals surface area (Å²) in [4.78, 5) is 0. The second kappa shape index (κ2) is 5.81. The fraction of sp³-hybridized carbons (Fsp3) is 0.571. The summed E-state index contributed by atoms with van der Waals surface area (Å²) >= 11 is 9.45. The molecule has 2 unspecified atom stereocenters. The van der Waals surface area contributed by atoms with Crippen molar-refractivity contribution in [1.29, 1.82) is 0 Å². The predicted molar refractivity (Wildman–Crippen MR) is 80.4 cm³/mol. The van der Waals surface area contributed by atoms with Crippen molar-refractivity contribution >= 4 is 33.2 Å². The maximum Gasteiger partial charge on any atom is 0.0671 e. The Morgan fingerprint density at radius 2 is 2.33 bits per heavy atom. The van der Waals surface area contributed by atoms with Gasteiger partial charge in [-0.05, 0) is 60.3 Å². The Morgan fingerprint density at radius 3 is 3.00 bits per heavy atom. The summed E-state index contributed by atoms with van der Waals surface area (Å²) in [6, 6.07) is 6.43. The number of anilines is 1. The maximum atomic E-state index is 6.00. The van der Waals surface area contributed by atoms with E-state index in [2.05, 4.69) is 35.1 Å². The van der Waals surface area contributed by atoms with E-state index in [0.29, 0.717) is 6.04 Å². The zero-order chi connectivity index (χ0) is 13.2. The molecule has 100 valence electrons. The minimum atomic E-state index is 0.0135. The van der Waals surface area contributed by atoms with E-state index in [1.807, 2.05) is 18.2 Å². The van der Waals surface area contributed by atoms with Gasteiger partial charge in [0.05, 0.1) is 10.6 Å². The van der Waals surface area contributed by atoms with Gasteiger partial charge in [-0.1, -0.05) is 18.5 Å². The van der Waals surface area contributed by atoms with Crippen molar-refractivity contribution < 1.29 is 4.74 Å². The van der Waals surface area contributed by atoms with Crippen LogP contribution in [0.2, 0.25) is 5.02 Å². The van der Waals surface area contributed by atoms with Crippen molar-refractivity contribution in [2.75, 3.05) is 11.9 Å². The molecule has 1 heterocycles. The van der Waals surface area contributed by atoms with Crippen LogP contribution in [-0.4, -0.2) is 18.2 Å². The van der Waals surface area contributed by atoms with Gasteiger partial charge < -0.3 is 10.1 Å². The van der Waals surface area contributed by atoms with E-state index in [-0.39, 0.29) is 5.60 Å². The van der Waals surface area contributed by atoms with E-state index in [4.69, 9.17) is 16.3 Å². The fourth-order valence-corrected chi connectivity index (χ4v) is 2.82. The largest absolute Gasteiger partial charge is 0.382 e. The van der Waals surface area contributed by atoms with Gasteiger partial charge in [-0.3, -0.25) is 0 Å². The lowest BCUT2D eigenvalue weighted by Gasteiger charge is -2.38. The third-order valence-corrected chi connectivity index (χ3v) is 4.85. The minimum Gasteiger partial charge on any atom is -0.382 e. The van der Waals surface area contributed by atoms with E-state index in [1.165, 1.54) is 0 Å². The summed E-state index contributed by atoms with van der Waals surface area (Å²) < 4.78 is 6.79. The second-order valence-electron chi connectivity index (χ2n) is 5.11. The van der Waals surface area contributed by atoms with E-state index in [0.717, 1.165) is 41.1 Å². The van der Waals surface area contributed by atoms with Crippen LogP contribution in [0.5, 0.6) is 0 Å². The molecule has 0 bridgehead atoms. The normalized spacial score (nSPS) is 28.1. The van der Waals surface area contributed by atoms with Crippen molar-refractivity contribution in [2.45, 2.75) is 44.8 Å². The number of hydrogen-bond acceptors (Lipinski definition) is 2. The van der Waals surface area contributed by atoms with Gasteiger partial charge in [0, 0.05) is 22.8 Å². The van der Waals surface area contributed by atoms with Crippen molar-refractivity contribution in [3.8, 4) is 0 Å². The molecule has 18 heavy (non-hydrogen) atoms. The highest BCUT2D eigenvalue weighted by molar-refractivity contribution is 9.10. The quantitative estimate of drug-likeness (QED) is 0.853. The van der Waals surface area contributed by atoms with Crippen LogP contribution in [0, 0.1) is 0 Å². The van der Waals surface area contributed by atoms with E-state index < -0.39 is 0 Å². The van der Waals surface area contributed by atoms with Crippen molar-refractivity contribution in [2.24, 2.45) is 0 Å². The van der Waals surface area contributed by atoms with Crippen LogP contribution in [0.4, 0.5) is 5.69 Å². The van der Waals surface area contributed by atoms with Gasteiger partial charge in [0.2, 0.25) is 0 Å². The van der Waals surface area contributed by atoms with Gasteiger partial charge in [-0.15, -0.1) is 0 Å². The molecule has 0 aromatic heterocycles. The molecule has 2 rings (SSSR count). The van der Waals surface area contributed by atoms with Crippen LogP contribution < -0.4 is 5.32 Å². The zero-order valence-electron chi connectivity index (χ0n) is 10.8. The highest BCUT2D eigenvalue weighted by atomic mass is 79.9.